The Bertz CT molecular complexity index is 543. The molecule has 0 aliphatic heterocycles. The first-order valence-electron chi connectivity index (χ1n) is 5.55. The van der Waals surface area contributed by atoms with Crippen LogP contribution in [0.1, 0.15) is 12.0 Å². The number of carbonyl (C=O) groups is 1. The van der Waals surface area contributed by atoms with Crippen molar-refractivity contribution in [3.05, 3.63) is 53.1 Å². The lowest BCUT2D eigenvalue weighted by molar-refractivity contribution is -0.198. The van der Waals surface area contributed by atoms with Gasteiger partial charge in [-0.2, -0.15) is 13.2 Å². The molecule has 2 rings (SSSR count). The van der Waals surface area contributed by atoms with Crippen molar-refractivity contribution in [3.63, 3.8) is 0 Å². The molecule has 1 nitrogen and oxygen atoms in total. The van der Waals surface area contributed by atoms with Crippen molar-refractivity contribution in [1.29, 1.82) is 0 Å². The van der Waals surface area contributed by atoms with Crippen LogP contribution in [0.3, 0.4) is 0 Å². The molecule has 1 aromatic rings. The maximum absolute atomic E-state index is 13.0. The van der Waals surface area contributed by atoms with Crippen LogP contribution in [-0.2, 0) is 4.79 Å². The van der Waals surface area contributed by atoms with Crippen molar-refractivity contribution >= 4 is 23.5 Å². The van der Waals surface area contributed by atoms with Gasteiger partial charge in [0.1, 0.15) is 11.7 Å². The number of hydrogen-bond donors (Lipinski definition) is 0. The number of carbonyl (C=O) groups excluding carboxylic acids is 1. The second-order valence-corrected chi connectivity index (χ2v) is 4.83. The minimum Gasteiger partial charge on any atom is -0.302 e. The van der Waals surface area contributed by atoms with Gasteiger partial charge in [-0.1, -0.05) is 42.0 Å². The molecule has 0 fully saturated rings. The highest BCUT2D eigenvalue weighted by atomic mass is 35.5. The Balaban J connectivity index is 2.36. The van der Waals surface area contributed by atoms with Crippen molar-refractivity contribution in [2.24, 2.45) is 5.41 Å². The average molecular weight is 287 g/mol. The normalized spacial score (nSPS) is 23.1. The van der Waals surface area contributed by atoms with E-state index in [9.17, 15) is 18.0 Å². The molecule has 100 valence electrons. The van der Waals surface area contributed by atoms with E-state index in [2.05, 4.69) is 0 Å². The molecule has 0 heterocycles. The zero-order valence-corrected chi connectivity index (χ0v) is 10.5. The third kappa shape index (κ3) is 2.59. The van der Waals surface area contributed by atoms with Crippen LogP contribution in [0.25, 0.3) is 5.57 Å². The lowest BCUT2D eigenvalue weighted by Crippen LogP contribution is -2.38. The second-order valence-electron chi connectivity index (χ2n) is 4.39. The number of hydrogen-bond acceptors (Lipinski definition) is 1. The molecule has 0 amide bonds. The van der Waals surface area contributed by atoms with Gasteiger partial charge in [-0.05, 0) is 29.7 Å². The van der Waals surface area contributed by atoms with E-state index in [1.807, 2.05) is 0 Å². The summed E-state index contributed by atoms with van der Waals surface area (Å²) in [7, 11) is 0. The first kappa shape index (κ1) is 13.9. The summed E-state index contributed by atoms with van der Waals surface area (Å²) in [4.78, 5) is 10.9. The minimum atomic E-state index is -4.60. The van der Waals surface area contributed by atoms with E-state index < -0.39 is 18.0 Å². The number of halogens is 4. The highest BCUT2D eigenvalue weighted by Gasteiger charge is 2.54. The molecule has 5 heteroatoms. The first-order chi connectivity index (χ1) is 8.88. The lowest BCUT2D eigenvalue weighted by atomic mass is 9.77. The number of benzene rings is 1. The summed E-state index contributed by atoms with van der Waals surface area (Å²) in [6.07, 6.45) is -1.27. The van der Waals surface area contributed by atoms with Gasteiger partial charge in [-0.15, -0.1) is 0 Å². The van der Waals surface area contributed by atoms with Crippen molar-refractivity contribution in [2.75, 3.05) is 0 Å². The molecular weight excluding hydrogens is 277 g/mol. The zero-order valence-electron chi connectivity index (χ0n) is 9.75. The van der Waals surface area contributed by atoms with Crippen molar-refractivity contribution in [1.82, 2.24) is 0 Å². The number of aldehydes is 1. The molecule has 0 radical (unpaired) electrons. The summed E-state index contributed by atoms with van der Waals surface area (Å²) >= 11 is 5.74. The van der Waals surface area contributed by atoms with Gasteiger partial charge in [0, 0.05) is 5.02 Å². The molecule has 1 unspecified atom stereocenters. The molecule has 0 saturated heterocycles. The number of alkyl halides is 3. The average Bonchev–Trinajstić information content (AvgIpc) is 2.38. The van der Waals surface area contributed by atoms with Crippen LogP contribution in [0, 0.1) is 5.41 Å². The van der Waals surface area contributed by atoms with Gasteiger partial charge < -0.3 is 4.79 Å². The van der Waals surface area contributed by atoms with E-state index in [0.29, 0.717) is 16.2 Å². The summed E-state index contributed by atoms with van der Waals surface area (Å²) in [6.45, 7) is 0. The number of allylic oxidation sites excluding steroid dienone is 4. The summed E-state index contributed by atoms with van der Waals surface area (Å²) < 4.78 is 39.1. The zero-order chi connectivity index (χ0) is 14.1. The molecule has 0 bridgehead atoms. The molecule has 1 aromatic carbocycles. The molecule has 1 aliphatic rings. The summed E-state index contributed by atoms with van der Waals surface area (Å²) in [5, 5.41) is 0.508. The quantitative estimate of drug-likeness (QED) is 0.735. The molecule has 0 N–H and O–H groups in total. The maximum atomic E-state index is 13.0. The number of rotatable bonds is 2. The molecule has 0 saturated carbocycles. The maximum Gasteiger partial charge on any atom is 0.404 e. The SMILES string of the molecule is O=CC1(C(F)(F)F)C=CC=C(c2ccc(Cl)cc2)C1. The second kappa shape index (κ2) is 4.85. The van der Waals surface area contributed by atoms with Crippen LogP contribution in [0.15, 0.2) is 42.5 Å². The van der Waals surface area contributed by atoms with E-state index in [1.165, 1.54) is 6.08 Å². The molecule has 0 aromatic heterocycles. The Morgan fingerprint density at radius 2 is 1.84 bits per heavy atom. The lowest BCUT2D eigenvalue weighted by Gasteiger charge is -2.30. The Labute approximate surface area is 113 Å². The van der Waals surface area contributed by atoms with Crippen LogP contribution in [0.2, 0.25) is 5.02 Å². The predicted molar refractivity (Wildman–Crippen MR) is 67.7 cm³/mol. The van der Waals surface area contributed by atoms with E-state index >= 15 is 0 Å². The summed E-state index contributed by atoms with van der Waals surface area (Å²) in [6, 6.07) is 6.48. The van der Waals surface area contributed by atoms with Crippen LogP contribution in [-0.4, -0.2) is 12.5 Å². The predicted octanol–water partition coefficient (Wildman–Crippen LogP) is 4.43. The summed E-state index contributed by atoms with van der Waals surface area (Å²) in [5.41, 5.74) is -1.34. The van der Waals surface area contributed by atoms with Crippen molar-refractivity contribution < 1.29 is 18.0 Å². The fraction of sp³-hybridized carbons (Fsp3) is 0.214. The third-order valence-corrected chi connectivity index (χ3v) is 3.38. The monoisotopic (exact) mass is 286 g/mol. The topological polar surface area (TPSA) is 17.1 Å². The smallest absolute Gasteiger partial charge is 0.302 e. The van der Waals surface area contributed by atoms with Gasteiger partial charge in [-0.3, -0.25) is 0 Å². The van der Waals surface area contributed by atoms with E-state index in [1.54, 1.807) is 30.3 Å². The molecule has 1 aliphatic carbocycles. The Morgan fingerprint density at radius 1 is 1.21 bits per heavy atom. The molecule has 19 heavy (non-hydrogen) atoms. The van der Waals surface area contributed by atoms with E-state index in [0.717, 1.165) is 6.08 Å². The fourth-order valence-corrected chi connectivity index (χ4v) is 2.10. The van der Waals surface area contributed by atoms with E-state index in [4.69, 9.17) is 11.6 Å². The largest absolute Gasteiger partial charge is 0.404 e. The molecular formula is C14H10ClF3O. The molecule has 1 atom stereocenters. The van der Waals surface area contributed by atoms with Gasteiger partial charge in [-0.25, -0.2) is 0 Å². The van der Waals surface area contributed by atoms with Gasteiger partial charge in [0.25, 0.3) is 0 Å². The Hall–Kier alpha value is -1.55. The Kier molecular flexibility index (Phi) is 3.54. The minimum absolute atomic E-state index is 0.0353. The van der Waals surface area contributed by atoms with Crippen LogP contribution < -0.4 is 0 Å². The van der Waals surface area contributed by atoms with Gasteiger partial charge in [0.15, 0.2) is 0 Å². The van der Waals surface area contributed by atoms with Crippen molar-refractivity contribution in [3.8, 4) is 0 Å². The highest BCUT2D eigenvalue weighted by Crippen LogP contribution is 2.46. The Morgan fingerprint density at radius 3 is 2.37 bits per heavy atom. The first-order valence-corrected chi connectivity index (χ1v) is 5.93. The van der Waals surface area contributed by atoms with Gasteiger partial charge in [0.2, 0.25) is 0 Å². The van der Waals surface area contributed by atoms with E-state index in [-0.39, 0.29) is 6.29 Å². The van der Waals surface area contributed by atoms with Gasteiger partial charge >= 0.3 is 6.18 Å². The summed E-state index contributed by atoms with van der Waals surface area (Å²) in [5.74, 6) is 0. The van der Waals surface area contributed by atoms with Crippen LogP contribution in [0.5, 0.6) is 0 Å². The highest BCUT2D eigenvalue weighted by molar-refractivity contribution is 6.30. The van der Waals surface area contributed by atoms with Crippen LogP contribution in [0.4, 0.5) is 13.2 Å². The fourth-order valence-electron chi connectivity index (χ4n) is 1.97. The van der Waals surface area contributed by atoms with Gasteiger partial charge in [0.05, 0.1) is 0 Å². The third-order valence-electron chi connectivity index (χ3n) is 3.13. The van der Waals surface area contributed by atoms with Crippen LogP contribution >= 0.6 is 11.6 Å². The standard InChI is InChI=1S/C14H10ClF3O/c15-12-5-3-10(4-6-12)11-2-1-7-13(8-11,9-19)14(16,17)18/h1-7,9H,8H2. The molecule has 0 spiro atoms. The van der Waals surface area contributed by atoms with Crippen molar-refractivity contribution in [2.45, 2.75) is 12.6 Å².